The summed E-state index contributed by atoms with van der Waals surface area (Å²) in [5.41, 5.74) is 5.42. The van der Waals surface area contributed by atoms with Crippen LogP contribution in [-0.2, 0) is 0 Å². The van der Waals surface area contributed by atoms with Crippen molar-refractivity contribution >= 4 is 28.1 Å². The number of rotatable bonds is 2. The molecule has 128 valence electrons. The van der Waals surface area contributed by atoms with Crippen molar-refractivity contribution in [3.05, 3.63) is 57.9 Å². The first-order chi connectivity index (χ1) is 11.2. The number of nitrogens with zero attached hydrogens (tertiary/aromatic N) is 1. The Hall–Kier alpha value is -1.87. The molecule has 1 unspecified atom stereocenters. The number of halogens is 2. The van der Waals surface area contributed by atoms with Crippen LogP contribution in [0.3, 0.4) is 0 Å². The molecule has 1 atom stereocenters. The maximum atomic E-state index is 13.7. The zero-order valence-corrected chi connectivity index (χ0v) is 13.9. The number of carbonyl (C=O) groups excluding carboxylic acids is 1. The van der Waals surface area contributed by atoms with E-state index < -0.39 is 28.4 Å². The minimum absolute atomic E-state index is 0.0577. The van der Waals surface area contributed by atoms with Crippen LogP contribution in [0.5, 0.6) is 0 Å². The van der Waals surface area contributed by atoms with Gasteiger partial charge >= 0.3 is 0 Å². The molecule has 1 aromatic heterocycles. The van der Waals surface area contributed by atoms with E-state index in [-0.39, 0.29) is 33.1 Å². The predicted octanol–water partition coefficient (Wildman–Crippen LogP) is 2.96. The summed E-state index contributed by atoms with van der Waals surface area (Å²) >= 11 is 6.02. The molecule has 0 radical (unpaired) electrons. The van der Waals surface area contributed by atoms with Gasteiger partial charge in [-0.15, -0.1) is 0 Å². The highest BCUT2D eigenvalue weighted by Crippen LogP contribution is 2.56. The summed E-state index contributed by atoms with van der Waals surface area (Å²) in [4.78, 5) is 11.7. The molecule has 1 aliphatic heterocycles. The number of hydrogen-bond acceptors (Lipinski definition) is 4. The molecule has 24 heavy (non-hydrogen) atoms. The first-order valence-electron chi connectivity index (χ1n) is 7.02. The lowest BCUT2D eigenvalue weighted by Crippen LogP contribution is -2.34. The zero-order chi connectivity index (χ0) is 17.6. The molecular weight excluding hydrogens is 357 g/mol. The summed E-state index contributed by atoms with van der Waals surface area (Å²) in [6, 6.07) is 4.46. The SMILES string of the molecule is N=c1c(C(N)=O)cc(Cl)cn1C1CCS(O)(O)c2ccc(F)cc21. The van der Waals surface area contributed by atoms with Gasteiger partial charge in [-0.1, -0.05) is 11.6 Å². The monoisotopic (exact) mass is 371 g/mol. The Kier molecular flexibility index (Phi) is 4.16. The lowest BCUT2D eigenvalue weighted by atomic mass is 10.0. The van der Waals surface area contributed by atoms with E-state index in [1.807, 2.05) is 0 Å². The number of primary amides is 1. The molecule has 0 spiro atoms. The predicted molar refractivity (Wildman–Crippen MR) is 89.0 cm³/mol. The first-order valence-corrected chi connectivity index (χ1v) is 9.11. The topological polar surface area (TPSA) is 112 Å². The van der Waals surface area contributed by atoms with E-state index in [1.165, 1.54) is 29.0 Å². The molecule has 0 saturated carbocycles. The van der Waals surface area contributed by atoms with Crippen molar-refractivity contribution in [3.63, 3.8) is 0 Å². The van der Waals surface area contributed by atoms with Crippen LogP contribution < -0.4 is 11.2 Å². The second-order valence-corrected chi connectivity index (χ2v) is 8.17. The number of pyridine rings is 1. The molecule has 1 aliphatic rings. The Morgan fingerprint density at radius 1 is 1.42 bits per heavy atom. The van der Waals surface area contributed by atoms with Crippen LogP contribution in [-0.4, -0.2) is 25.3 Å². The number of hydrogen-bond donors (Lipinski definition) is 4. The van der Waals surface area contributed by atoms with E-state index in [0.29, 0.717) is 5.56 Å². The van der Waals surface area contributed by atoms with Gasteiger partial charge in [0.1, 0.15) is 11.3 Å². The highest BCUT2D eigenvalue weighted by Gasteiger charge is 2.32. The molecule has 0 saturated heterocycles. The normalized spacial score (nSPS) is 20.2. The van der Waals surface area contributed by atoms with Gasteiger partial charge in [0.15, 0.2) is 0 Å². The summed E-state index contributed by atoms with van der Waals surface area (Å²) in [6.45, 7) is 0. The number of nitrogens with one attached hydrogen (secondary N) is 1. The molecule has 6 nitrogen and oxygen atoms in total. The van der Waals surface area contributed by atoms with Crippen LogP contribution >= 0.6 is 22.2 Å². The van der Waals surface area contributed by atoms with Crippen LogP contribution in [0.4, 0.5) is 4.39 Å². The van der Waals surface area contributed by atoms with Gasteiger partial charge in [-0.05, 0) is 30.7 Å². The van der Waals surface area contributed by atoms with Crippen molar-refractivity contribution in [2.45, 2.75) is 17.4 Å². The van der Waals surface area contributed by atoms with Gasteiger partial charge in [0.25, 0.3) is 5.91 Å². The molecule has 2 heterocycles. The van der Waals surface area contributed by atoms with Crippen molar-refractivity contribution in [1.82, 2.24) is 4.57 Å². The van der Waals surface area contributed by atoms with Crippen LogP contribution in [0.15, 0.2) is 35.4 Å². The third-order valence-electron chi connectivity index (χ3n) is 4.02. The summed E-state index contributed by atoms with van der Waals surface area (Å²) in [7, 11) is -3.02. The number of carbonyl (C=O) groups is 1. The number of nitrogens with two attached hydrogens (primary N) is 1. The molecule has 9 heteroatoms. The summed E-state index contributed by atoms with van der Waals surface area (Å²) < 4.78 is 35.5. The third-order valence-corrected chi connectivity index (χ3v) is 6.11. The van der Waals surface area contributed by atoms with Crippen LogP contribution in [0.1, 0.15) is 28.4 Å². The molecule has 3 rings (SSSR count). The molecular formula is C15H15ClFN3O3S. The largest absolute Gasteiger partial charge is 0.365 e. The highest BCUT2D eigenvalue weighted by atomic mass is 35.5. The number of amides is 1. The van der Waals surface area contributed by atoms with Crippen molar-refractivity contribution in [2.75, 3.05) is 5.75 Å². The minimum atomic E-state index is -3.02. The second-order valence-electron chi connectivity index (χ2n) is 5.55. The van der Waals surface area contributed by atoms with Crippen molar-refractivity contribution in [1.29, 1.82) is 5.41 Å². The molecule has 1 aromatic carbocycles. The minimum Gasteiger partial charge on any atom is -0.365 e. The Labute approximate surface area is 143 Å². The van der Waals surface area contributed by atoms with E-state index in [0.717, 1.165) is 6.07 Å². The summed E-state index contributed by atoms with van der Waals surface area (Å²) in [5.74, 6) is -1.25. The lowest BCUT2D eigenvalue weighted by Gasteiger charge is -2.41. The van der Waals surface area contributed by atoms with Gasteiger partial charge in [-0.25, -0.2) is 4.39 Å². The standard InChI is InChI=1S/C15H15ClFN3O3S/c16-8-5-11(15(19)21)14(18)20(7-8)12-3-4-24(22,23)13-2-1-9(17)6-10(12)13/h1-2,5-7,12,18,22-23H,3-4H2,(H2,19,21). The van der Waals surface area contributed by atoms with Crippen molar-refractivity contribution < 1.29 is 18.3 Å². The van der Waals surface area contributed by atoms with E-state index in [2.05, 4.69) is 0 Å². The fourth-order valence-corrected chi connectivity index (χ4v) is 4.77. The van der Waals surface area contributed by atoms with E-state index in [4.69, 9.17) is 22.7 Å². The highest BCUT2D eigenvalue weighted by molar-refractivity contribution is 8.24. The average Bonchev–Trinajstić information content (AvgIpc) is 2.49. The van der Waals surface area contributed by atoms with Crippen molar-refractivity contribution in [3.8, 4) is 0 Å². The number of benzene rings is 1. The molecule has 0 bridgehead atoms. The quantitative estimate of drug-likeness (QED) is 0.650. The molecule has 2 aromatic rings. The number of fused-ring (bicyclic) bond motifs is 1. The van der Waals surface area contributed by atoms with Gasteiger partial charge in [0, 0.05) is 17.5 Å². The molecule has 1 amide bonds. The molecule has 5 N–H and O–H groups in total. The fourth-order valence-electron chi connectivity index (χ4n) is 2.92. The number of aromatic nitrogens is 1. The van der Waals surface area contributed by atoms with Gasteiger partial charge in [0.05, 0.1) is 21.5 Å². The fraction of sp³-hybridized carbons (Fsp3) is 0.200. The van der Waals surface area contributed by atoms with Crippen LogP contribution in [0.2, 0.25) is 5.02 Å². The van der Waals surface area contributed by atoms with Crippen LogP contribution in [0, 0.1) is 11.2 Å². The Balaban J connectivity index is 2.24. The maximum Gasteiger partial charge on any atom is 0.252 e. The van der Waals surface area contributed by atoms with Gasteiger partial charge in [-0.2, -0.15) is 10.6 Å². The zero-order valence-electron chi connectivity index (χ0n) is 12.4. The van der Waals surface area contributed by atoms with Gasteiger partial charge in [-0.3, -0.25) is 19.3 Å². The Morgan fingerprint density at radius 3 is 2.79 bits per heavy atom. The third kappa shape index (κ3) is 2.82. The Bertz CT molecular complexity index is 900. The second kappa shape index (κ2) is 5.89. The average molecular weight is 372 g/mol. The first kappa shape index (κ1) is 17.0. The smallest absolute Gasteiger partial charge is 0.252 e. The molecule has 0 aliphatic carbocycles. The van der Waals surface area contributed by atoms with Crippen LogP contribution in [0.25, 0.3) is 0 Å². The van der Waals surface area contributed by atoms with Crippen molar-refractivity contribution in [2.24, 2.45) is 5.73 Å². The van der Waals surface area contributed by atoms with E-state index in [9.17, 15) is 18.3 Å². The maximum absolute atomic E-state index is 13.7. The summed E-state index contributed by atoms with van der Waals surface area (Å²) in [6.07, 6.45) is 1.71. The van der Waals surface area contributed by atoms with Gasteiger partial charge < -0.3 is 10.3 Å². The summed E-state index contributed by atoms with van der Waals surface area (Å²) in [5, 5.41) is 8.40. The van der Waals surface area contributed by atoms with E-state index >= 15 is 0 Å². The Morgan fingerprint density at radius 2 is 2.12 bits per heavy atom. The van der Waals surface area contributed by atoms with Gasteiger partial charge in [0.2, 0.25) is 0 Å². The van der Waals surface area contributed by atoms with E-state index in [1.54, 1.807) is 0 Å². The molecule has 0 fully saturated rings. The lowest BCUT2D eigenvalue weighted by molar-refractivity contribution is 0.0997.